The highest BCUT2D eigenvalue weighted by Gasteiger charge is 2.10. The van der Waals surface area contributed by atoms with Crippen molar-refractivity contribution in [1.29, 1.82) is 0 Å². The van der Waals surface area contributed by atoms with E-state index in [-0.39, 0.29) is 0 Å². The highest BCUT2D eigenvalue weighted by molar-refractivity contribution is 5.85. The number of hydrogen-bond acceptors (Lipinski definition) is 3. The van der Waals surface area contributed by atoms with Crippen molar-refractivity contribution in [2.24, 2.45) is 7.05 Å². The van der Waals surface area contributed by atoms with Gasteiger partial charge in [-0.3, -0.25) is 14.5 Å². The number of carbonyl (C=O) groups excluding carboxylic acids is 1. The van der Waals surface area contributed by atoms with Gasteiger partial charge in [-0.15, -0.1) is 0 Å². The highest BCUT2D eigenvalue weighted by Crippen LogP contribution is 2.24. The lowest BCUT2D eigenvalue weighted by atomic mass is 10.0. The zero-order valence-corrected chi connectivity index (χ0v) is 8.64. The van der Waals surface area contributed by atoms with Crippen LogP contribution < -0.4 is 0 Å². The van der Waals surface area contributed by atoms with Gasteiger partial charge in [-0.2, -0.15) is 5.10 Å². The molecule has 2 rings (SSSR count). The third-order valence-electron chi connectivity index (χ3n) is 2.28. The minimum Gasteiger partial charge on any atom is -0.296 e. The Morgan fingerprint density at radius 2 is 2.20 bits per heavy atom. The molecular weight excluding hydrogens is 190 g/mol. The van der Waals surface area contributed by atoms with Gasteiger partial charge in [0.2, 0.25) is 0 Å². The molecule has 0 unspecified atom stereocenters. The summed E-state index contributed by atoms with van der Waals surface area (Å²) in [5.41, 5.74) is 3.35. The lowest BCUT2D eigenvalue weighted by Gasteiger charge is -2.01. The van der Waals surface area contributed by atoms with Crippen molar-refractivity contribution >= 4 is 6.29 Å². The van der Waals surface area contributed by atoms with Crippen molar-refractivity contribution in [2.45, 2.75) is 6.92 Å². The molecule has 0 bridgehead atoms. The lowest BCUT2D eigenvalue weighted by Crippen LogP contribution is -1.89. The Morgan fingerprint density at radius 3 is 2.87 bits per heavy atom. The molecule has 4 nitrogen and oxygen atoms in total. The van der Waals surface area contributed by atoms with E-state index < -0.39 is 0 Å². The maximum atomic E-state index is 10.8. The maximum absolute atomic E-state index is 10.8. The summed E-state index contributed by atoms with van der Waals surface area (Å²) in [7, 11) is 1.80. The van der Waals surface area contributed by atoms with Crippen molar-refractivity contribution < 1.29 is 4.79 Å². The van der Waals surface area contributed by atoms with Crippen LogP contribution in [0.2, 0.25) is 0 Å². The second-order valence-electron chi connectivity index (χ2n) is 3.41. The molecule has 2 heterocycles. The van der Waals surface area contributed by atoms with Gasteiger partial charge in [0, 0.05) is 31.2 Å². The molecule has 2 aromatic heterocycles. The second-order valence-corrected chi connectivity index (χ2v) is 3.41. The van der Waals surface area contributed by atoms with E-state index in [9.17, 15) is 4.79 Å². The van der Waals surface area contributed by atoms with Crippen molar-refractivity contribution in [2.75, 3.05) is 0 Å². The Bertz CT molecular complexity index is 502. The highest BCUT2D eigenvalue weighted by atomic mass is 16.1. The quantitative estimate of drug-likeness (QED) is 0.693. The van der Waals surface area contributed by atoms with Gasteiger partial charge in [0.25, 0.3) is 0 Å². The minimum absolute atomic E-state index is 0.465. The molecule has 76 valence electrons. The monoisotopic (exact) mass is 201 g/mol. The Labute approximate surface area is 87.6 Å². The Balaban J connectivity index is 2.63. The van der Waals surface area contributed by atoms with Gasteiger partial charge in [0.05, 0.1) is 0 Å². The number of aryl methyl sites for hydroxylation is 2. The molecule has 0 saturated heterocycles. The Hall–Kier alpha value is -1.97. The van der Waals surface area contributed by atoms with E-state index in [1.165, 1.54) is 0 Å². The van der Waals surface area contributed by atoms with Crippen LogP contribution in [0, 0.1) is 6.92 Å². The van der Waals surface area contributed by atoms with Gasteiger partial charge in [0.1, 0.15) is 5.69 Å². The molecule has 0 radical (unpaired) electrons. The summed E-state index contributed by atoms with van der Waals surface area (Å²) in [6.45, 7) is 1.96. The SMILES string of the molecule is Cc1cnccc1-c1cn(C)nc1C=O. The molecular formula is C11H11N3O. The van der Waals surface area contributed by atoms with E-state index in [2.05, 4.69) is 10.1 Å². The molecule has 0 spiro atoms. The molecule has 0 atom stereocenters. The van der Waals surface area contributed by atoms with Gasteiger partial charge in [-0.1, -0.05) is 0 Å². The van der Waals surface area contributed by atoms with Crippen LogP contribution in [0.1, 0.15) is 16.1 Å². The number of nitrogens with zero attached hydrogens (tertiary/aromatic N) is 3. The first-order chi connectivity index (χ1) is 7.22. The van der Waals surface area contributed by atoms with Crippen LogP contribution in [-0.2, 0) is 7.05 Å². The summed E-state index contributed by atoms with van der Waals surface area (Å²) in [4.78, 5) is 14.9. The Morgan fingerprint density at radius 1 is 1.40 bits per heavy atom. The number of aldehydes is 1. The molecule has 0 amide bonds. The van der Waals surface area contributed by atoms with E-state index in [4.69, 9.17) is 0 Å². The molecule has 2 aromatic rings. The third-order valence-corrected chi connectivity index (χ3v) is 2.28. The fourth-order valence-corrected chi connectivity index (χ4v) is 1.58. The molecule has 4 heteroatoms. The molecule has 0 fully saturated rings. The number of hydrogen-bond donors (Lipinski definition) is 0. The molecule has 0 saturated carbocycles. The fraction of sp³-hybridized carbons (Fsp3) is 0.182. The minimum atomic E-state index is 0.465. The molecule has 0 aliphatic heterocycles. The zero-order chi connectivity index (χ0) is 10.8. The van der Waals surface area contributed by atoms with Gasteiger partial charge >= 0.3 is 0 Å². The molecule has 0 aromatic carbocycles. The van der Waals surface area contributed by atoms with E-state index in [1.54, 1.807) is 24.1 Å². The largest absolute Gasteiger partial charge is 0.296 e. The average molecular weight is 201 g/mol. The Kier molecular flexibility index (Phi) is 2.33. The van der Waals surface area contributed by atoms with Gasteiger partial charge in [-0.05, 0) is 24.1 Å². The van der Waals surface area contributed by atoms with Crippen LogP contribution in [0.25, 0.3) is 11.1 Å². The first kappa shape index (κ1) is 9.58. The average Bonchev–Trinajstić information content (AvgIpc) is 2.60. The summed E-state index contributed by atoms with van der Waals surface area (Å²) in [5, 5.41) is 4.07. The summed E-state index contributed by atoms with van der Waals surface area (Å²) in [6.07, 6.45) is 6.10. The number of pyridine rings is 1. The normalized spacial score (nSPS) is 10.3. The van der Waals surface area contributed by atoms with Gasteiger partial charge in [-0.25, -0.2) is 0 Å². The molecule has 0 aliphatic carbocycles. The zero-order valence-electron chi connectivity index (χ0n) is 8.64. The fourth-order valence-electron chi connectivity index (χ4n) is 1.58. The summed E-state index contributed by atoms with van der Waals surface area (Å²) >= 11 is 0. The summed E-state index contributed by atoms with van der Waals surface area (Å²) in [6, 6.07) is 1.89. The second kappa shape index (κ2) is 3.65. The van der Waals surface area contributed by atoms with E-state index in [1.807, 2.05) is 19.2 Å². The van der Waals surface area contributed by atoms with E-state index >= 15 is 0 Å². The lowest BCUT2D eigenvalue weighted by molar-refractivity contribution is 0.111. The molecule has 0 aliphatic rings. The topological polar surface area (TPSA) is 47.8 Å². The van der Waals surface area contributed by atoms with Crippen LogP contribution >= 0.6 is 0 Å². The van der Waals surface area contributed by atoms with Crippen molar-refractivity contribution in [3.8, 4) is 11.1 Å². The molecule has 15 heavy (non-hydrogen) atoms. The molecule has 0 N–H and O–H groups in total. The van der Waals surface area contributed by atoms with E-state index in [0.717, 1.165) is 23.0 Å². The van der Waals surface area contributed by atoms with E-state index in [0.29, 0.717) is 5.69 Å². The predicted molar refractivity (Wildman–Crippen MR) is 56.6 cm³/mol. The number of carbonyl (C=O) groups is 1. The maximum Gasteiger partial charge on any atom is 0.170 e. The standard InChI is InChI=1S/C11H11N3O/c1-8-5-12-4-3-9(8)10-6-14(2)13-11(10)7-15/h3-7H,1-2H3. The van der Waals surface area contributed by atoms with Gasteiger partial charge in [0.15, 0.2) is 6.29 Å². The summed E-state index contributed by atoms with van der Waals surface area (Å²) < 4.78 is 1.64. The smallest absolute Gasteiger partial charge is 0.170 e. The van der Waals surface area contributed by atoms with Crippen molar-refractivity contribution in [3.05, 3.63) is 35.9 Å². The van der Waals surface area contributed by atoms with Crippen LogP contribution in [0.5, 0.6) is 0 Å². The summed E-state index contributed by atoms with van der Waals surface area (Å²) in [5.74, 6) is 0. The van der Waals surface area contributed by atoms with Crippen LogP contribution in [-0.4, -0.2) is 21.1 Å². The predicted octanol–water partition coefficient (Wildman–Crippen LogP) is 1.60. The first-order valence-electron chi connectivity index (χ1n) is 4.62. The number of aromatic nitrogens is 3. The van der Waals surface area contributed by atoms with Crippen LogP contribution in [0.15, 0.2) is 24.7 Å². The third kappa shape index (κ3) is 1.66. The van der Waals surface area contributed by atoms with Crippen molar-refractivity contribution in [1.82, 2.24) is 14.8 Å². The number of rotatable bonds is 2. The van der Waals surface area contributed by atoms with Gasteiger partial charge < -0.3 is 0 Å². The van der Waals surface area contributed by atoms with Crippen molar-refractivity contribution in [3.63, 3.8) is 0 Å². The van der Waals surface area contributed by atoms with Crippen LogP contribution in [0.4, 0.5) is 0 Å². The van der Waals surface area contributed by atoms with Crippen LogP contribution in [0.3, 0.4) is 0 Å². The first-order valence-corrected chi connectivity index (χ1v) is 4.62.